The Labute approximate surface area is 122 Å². The molecule has 0 atom stereocenters. The Morgan fingerprint density at radius 3 is 2.94 bits per heavy atom. The van der Waals surface area contributed by atoms with Crippen molar-refractivity contribution in [1.29, 1.82) is 0 Å². The molecule has 0 unspecified atom stereocenters. The Bertz CT molecular complexity index is 559. The highest BCUT2D eigenvalue weighted by atomic mass is 79.9. The number of hydrogen-bond acceptors (Lipinski definition) is 3. The molecule has 1 N–H and O–H groups in total. The molecule has 0 fully saturated rings. The average molecular weight is 346 g/mol. The van der Waals surface area contributed by atoms with Gasteiger partial charge in [0.15, 0.2) is 0 Å². The van der Waals surface area contributed by atoms with E-state index in [4.69, 9.17) is 11.6 Å². The summed E-state index contributed by atoms with van der Waals surface area (Å²) in [6, 6.07) is 7.25. The third-order valence-electron chi connectivity index (χ3n) is 2.27. The summed E-state index contributed by atoms with van der Waals surface area (Å²) in [5, 5.41) is 3.17. The van der Waals surface area contributed by atoms with Gasteiger partial charge >= 0.3 is 0 Å². The number of hydrogen-bond donors (Lipinski definition) is 1. The Balaban J connectivity index is 1.85. The largest absolute Gasteiger partial charge is 0.352 e. The number of aromatic nitrogens is 1. The van der Waals surface area contributed by atoms with Crippen LogP contribution in [0.15, 0.2) is 34.2 Å². The van der Waals surface area contributed by atoms with E-state index in [1.54, 1.807) is 23.5 Å². The quantitative estimate of drug-likeness (QED) is 0.861. The standard InChI is InChI=1S/C12H10BrClN2OS/c13-10-2-1-9(18-10)4-6-16-12(17)8-3-5-15-11(14)7-8/h1-3,5,7H,4,6H2,(H,16,17). The van der Waals surface area contributed by atoms with Gasteiger partial charge in [-0.3, -0.25) is 4.79 Å². The second-order valence-electron chi connectivity index (χ2n) is 3.58. The number of nitrogens with one attached hydrogen (secondary N) is 1. The smallest absolute Gasteiger partial charge is 0.251 e. The summed E-state index contributed by atoms with van der Waals surface area (Å²) >= 11 is 10.8. The number of carbonyl (C=O) groups excluding carboxylic acids is 1. The Morgan fingerprint density at radius 2 is 2.28 bits per heavy atom. The van der Waals surface area contributed by atoms with E-state index in [1.807, 2.05) is 12.1 Å². The van der Waals surface area contributed by atoms with Crippen LogP contribution in [0.2, 0.25) is 5.15 Å². The highest BCUT2D eigenvalue weighted by molar-refractivity contribution is 9.11. The van der Waals surface area contributed by atoms with Crippen LogP contribution < -0.4 is 5.32 Å². The van der Waals surface area contributed by atoms with Gasteiger partial charge in [0.1, 0.15) is 5.15 Å². The van der Waals surface area contributed by atoms with Gasteiger partial charge in [-0.25, -0.2) is 4.98 Å². The number of pyridine rings is 1. The normalized spacial score (nSPS) is 10.3. The van der Waals surface area contributed by atoms with Gasteiger partial charge in [-0.05, 0) is 46.6 Å². The molecular weight excluding hydrogens is 336 g/mol. The predicted molar refractivity (Wildman–Crippen MR) is 77.3 cm³/mol. The van der Waals surface area contributed by atoms with Crippen molar-refractivity contribution in [2.75, 3.05) is 6.54 Å². The summed E-state index contributed by atoms with van der Waals surface area (Å²) in [6.07, 6.45) is 2.34. The Morgan fingerprint density at radius 1 is 1.44 bits per heavy atom. The molecule has 0 bridgehead atoms. The fourth-order valence-corrected chi connectivity index (χ4v) is 3.09. The summed E-state index contributed by atoms with van der Waals surface area (Å²) in [7, 11) is 0. The van der Waals surface area contributed by atoms with Gasteiger partial charge in [-0.15, -0.1) is 11.3 Å². The van der Waals surface area contributed by atoms with Gasteiger partial charge < -0.3 is 5.32 Å². The summed E-state index contributed by atoms with van der Waals surface area (Å²) in [6.45, 7) is 0.603. The van der Waals surface area contributed by atoms with Gasteiger partial charge in [0.25, 0.3) is 5.91 Å². The van der Waals surface area contributed by atoms with Crippen LogP contribution in [0.25, 0.3) is 0 Å². The van der Waals surface area contributed by atoms with E-state index in [1.165, 1.54) is 11.1 Å². The lowest BCUT2D eigenvalue weighted by molar-refractivity contribution is 0.0954. The van der Waals surface area contributed by atoms with Crippen molar-refractivity contribution >= 4 is 44.8 Å². The summed E-state index contributed by atoms with van der Waals surface area (Å²) < 4.78 is 1.10. The second kappa shape index (κ2) is 6.31. The number of carbonyl (C=O) groups is 1. The van der Waals surface area contributed by atoms with Crippen LogP contribution >= 0.6 is 38.9 Å². The van der Waals surface area contributed by atoms with Crippen molar-refractivity contribution < 1.29 is 4.79 Å². The summed E-state index contributed by atoms with van der Waals surface area (Å²) in [5.41, 5.74) is 0.530. The summed E-state index contributed by atoms with van der Waals surface area (Å²) in [5.74, 6) is -0.130. The van der Waals surface area contributed by atoms with Crippen LogP contribution in [0.4, 0.5) is 0 Å². The number of thiophene rings is 1. The first-order chi connectivity index (χ1) is 8.65. The molecule has 6 heteroatoms. The molecule has 1 amide bonds. The van der Waals surface area contributed by atoms with Crippen LogP contribution in [0.3, 0.4) is 0 Å². The van der Waals surface area contributed by atoms with Crippen molar-refractivity contribution in [2.24, 2.45) is 0 Å². The zero-order chi connectivity index (χ0) is 13.0. The molecule has 0 spiro atoms. The lowest BCUT2D eigenvalue weighted by Crippen LogP contribution is -2.25. The fraction of sp³-hybridized carbons (Fsp3) is 0.167. The van der Waals surface area contributed by atoms with Crippen LogP contribution in [0.1, 0.15) is 15.2 Å². The minimum atomic E-state index is -0.130. The molecule has 18 heavy (non-hydrogen) atoms. The maximum absolute atomic E-state index is 11.8. The van der Waals surface area contributed by atoms with Crippen LogP contribution in [0.5, 0.6) is 0 Å². The molecular formula is C12H10BrClN2OS. The van der Waals surface area contributed by atoms with E-state index in [2.05, 4.69) is 26.2 Å². The lowest BCUT2D eigenvalue weighted by Gasteiger charge is -2.04. The van der Waals surface area contributed by atoms with Gasteiger partial charge in [-0.2, -0.15) is 0 Å². The first-order valence-electron chi connectivity index (χ1n) is 5.29. The molecule has 0 radical (unpaired) electrons. The van der Waals surface area contributed by atoms with Gasteiger partial charge in [0.05, 0.1) is 3.79 Å². The Hall–Kier alpha value is -0.910. The topological polar surface area (TPSA) is 42.0 Å². The Kier molecular flexibility index (Phi) is 4.74. The number of amides is 1. The van der Waals surface area contributed by atoms with Crippen molar-refractivity contribution in [2.45, 2.75) is 6.42 Å². The van der Waals surface area contributed by atoms with Crippen molar-refractivity contribution in [1.82, 2.24) is 10.3 Å². The highest BCUT2D eigenvalue weighted by Gasteiger charge is 2.06. The highest BCUT2D eigenvalue weighted by Crippen LogP contribution is 2.22. The lowest BCUT2D eigenvalue weighted by atomic mass is 10.2. The first kappa shape index (κ1) is 13.5. The summed E-state index contributed by atoms with van der Waals surface area (Å²) in [4.78, 5) is 16.9. The van der Waals surface area contributed by atoms with Gasteiger partial charge in [0.2, 0.25) is 0 Å². The molecule has 3 nitrogen and oxygen atoms in total. The van der Waals surface area contributed by atoms with Crippen molar-refractivity contribution in [3.63, 3.8) is 0 Å². The molecule has 0 aliphatic rings. The zero-order valence-corrected chi connectivity index (χ0v) is 12.5. The maximum atomic E-state index is 11.8. The molecule has 2 rings (SSSR count). The molecule has 2 aromatic rings. The van der Waals surface area contributed by atoms with E-state index in [0.717, 1.165) is 10.2 Å². The molecule has 2 aromatic heterocycles. The first-order valence-corrected chi connectivity index (χ1v) is 7.28. The molecule has 0 aromatic carbocycles. The SMILES string of the molecule is O=C(NCCc1ccc(Br)s1)c1ccnc(Cl)c1. The molecule has 2 heterocycles. The molecule has 0 aliphatic heterocycles. The minimum absolute atomic E-state index is 0.130. The minimum Gasteiger partial charge on any atom is -0.352 e. The van der Waals surface area contributed by atoms with E-state index < -0.39 is 0 Å². The second-order valence-corrected chi connectivity index (χ2v) is 6.51. The molecule has 0 saturated carbocycles. The third-order valence-corrected chi connectivity index (χ3v) is 4.16. The zero-order valence-electron chi connectivity index (χ0n) is 9.32. The fourth-order valence-electron chi connectivity index (χ4n) is 1.43. The van der Waals surface area contributed by atoms with Crippen LogP contribution in [-0.2, 0) is 6.42 Å². The predicted octanol–water partition coefficient (Wildman–Crippen LogP) is 3.53. The molecule has 0 saturated heterocycles. The van der Waals surface area contributed by atoms with Crippen LogP contribution in [0, 0.1) is 0 Å². The van der Waals surface area contributed by atoms with E-state index >= 15 is 0 Å². The monoisotopic (exact) mass is 344 g/mol. The van der Waals surface area contributed by atoms with Gasteiger partial charge in [-0.1, -0.05) is 11.6 Å². The van der Waals surface area contributed by atoms with E-state index in [-0.39, 0.29) is 5.91 Å². The van der Waals surface area contributed by atoms with Crippen LogP contribution in [-0.4, -0.2) is 17.4 Å². The maximum Gasteiger partial charge on any atom is 0.251 e. The molecule has 0 aliphatic carbocycles. The van der Waals surface area contributed by atoms with E-state index in [0.29, 0.717) is 17.3 Å². The van der Waals surface area contributed by atoms with Crippen molar-refractivity contribution in [3.8, 4) is 0 Å². The van der Waals surface area contributed by atoms with E-state index in [9.17, 15) is 4.79 Å². The number of halogens is 2. The number of nitrogens with zero attached hydrogens (tertiary/aromatic N) is 1. The van der Waals surface area contributed by atoms with Crippen molar-refractivity contribution in [3.05, 3.63) is 49.8 Å². The van der Waals surface area contributed by atoms with Gasteiger partial charge in [0, 0.05) is 23.2 Å². The molecule has 94 valence electrons. The number of rotatable bonds is 4. The third kappa shape index (κ3) is 3.80. The average Bonchev–Trinajstić information content (AvgIpc) is 2.75.